The maximum atomic E-state index is 11.4. The molecule has 2 aliphatic rings. The number of methoxy groups -OCH3 is 4. The molecule has 1 N–H and O–H groups in total. The number of benzene rings is 1. The summed E-state index contributed by atoms with van der Waals surface area (Å²) in [6, 6.07) is 3.67. The quantitative estimate of drug-likeness (QED) is 0.768. The first-order chi connectivity index (χ1) is 14.0. The highest BCUT2D eigenvalue weighted by Crippen LogP contribution is 2.38. The lowest BCUT2D eigenvalue weighted by molar-refractivity contribution is -0.000299. The van der Waals surface area contributed by atoms with Crippen molar-refractivity contribution in [1.82, 2.24) is 15.3 Å². The van der Waals surface area contributed by atoms with Crippen molar-refractivity contribution in [3.05, 3.63) is 41.6 Å². The largest absolute Gasteiger partial charge is 0.493 e. The van der Waals surface area contributed by atoms with Gasteiger partial charge in [0.05, 0.1) is 35.0 Å². The zero-order valence-corrected chi connectivity index (χ0v) is 17.0. The summed E-state index contributed by atoms with van der Waals surface area (Å²) in [5, 5.41) is 6.28. The normalized spacial score (nSPS) is 15.0. The van der Waals surface area contributed by atoms with Crippen molar-refractivity contribution in [3.63, 3.8) is 0 Å². The lowest BCUT2D eigenvalue weighted by Gasteiger charge is -2.34. The van der Waals surface area contributed by atoms with Gasteiger partial charge in [0.15, 0.2) is 11.5 Å². The Kier molecular flexibility index (Phi) is 6.01. The minimum atomic E-state index is -0.557. The van der Waals surface area contributed by atoms with Crippen LogP contribution in [0, 0.1) is 0 Å². The summed E-state index contributed by atoms with van der Waals surface area (Å²) >= 11 is 0. The first-order valence-corrected chi connectivity index (χ1v) is 8.78. The van der Waals surface area contributed by atoms with E-state index in [9.17, 15) is 4.79 Å². The topological polar surface area (TPSA) is 94.1 Å². The van der Waals surface area contributed by atoms with Gasteiger partial charge in [-0.1, -0.05) is 0 Å². The van der Waals surface area contributed by atoms with Crippen molar-refractivity contribution < 1.29 is 28.5 Å². The number of fused-ring (bicyclic) bond motifs is 1. The second-order valence-electron chi connectivity index (χ2n) is 6.11. The standard InChI is InChI=1S/C19H24N4O6/c1-22-17(7-6-16-20-15(10-23(16)22)21-19(24)28-5)29-11-12-8-13(25-2)18(27-4)14(9-12)26-3/h6-9H,10-11H2,1-5H3,(H,20,21,24). The summed E-state index contributed by atoms with van der Waals surface area (Å²) < 4.78 is 26.7. The number of amides is 1. The van der Waals surface area contributed by atoms with Crippen LogP contribution in [0.3, 0.4) is 0 Å². The number of nitrogens with one attached hydrogen (secondary N) is 1. The predicted molar refractivity (Wildman–Crippen MR) is 104 cm³/mol. The number of amidine groups is 1. The Morgan fingerprint density at radius 3 is 2.38 bits per heavy atom. The van der Waals surface area contributed by atoms with E-state index >= 15 is 0 Å². The molecule has 0 saturated heterocycles. The van der Waals surface area contributed by atoms with Gasteiger partial charge in [0.1, 0.15) is 18.3 Å². The van der Waals surface area contributed by atoms with Gasteiger partial charge in [0.25, 0.3) is 0 Å². The molecule has 1 amide bonds. The molecular formula is C19H24N4O6. The fourth-order valence-electron chi connectivity index (χ4n) is 2.96. The second-order valence-corrected chi connectivity index (χ2v) is 6.11. The molecule has 3 rings (SSSR count). The van der Waals surface area contributed by atoms with Crippen LogP contribution in [0.5, 0.6) is 17.2 Å². The number of aliphatic imine (C=N–C) groups is 1. The van der Waals surface area contributed by atoms with Crippen LogP contribution >= 0.6 is 0 Å². The fraction of sp³-hybridized carbons (Fsp3) is 0.368. The number of hydrazine groups is 1. The number of carbonyl (C=O) groups excluding carboxylic acids is 1. The molecular weight excluding hydrogens is 380 g/mol. The van der Waals surface area contributed by atoms with Gasteiger partial charge in [-0.3, -0.25) is 15.3 Å². The summed E-state index contributed by atoms with van der Waals surface area (Å²) in [7, 11) is 7.85. The Labute approximate surface area is 168 Å². The van der Waals surface area contributed by atoms with Gasteiger partial charge in [0.2, 0.25) is 11.6 Å². The molecule has 1 aromatic carbocycles. The number of nitrogens with zero attached hydrogens (tertiary/aromatic N) is 3. The maximum Gasteiger partial charge on any atom is 0.412 e. The molecule has 0 bridgehead atoms. The van der Waals surface area contributed by atoms with Crippen LogP contribution in [0.25, 0.3) is 0 Å². The molecule has 0 atom stereocenters. The highest BCUT2D eigenvalue weighted by Gasteiger charge is 2.29. The summed E-state index contributed by atoms with van der Waals surface area (Å²) in [4.78, 5) is 15.8. The van der Waals surface area contributed by atoms with Crippen molar-refractivity contribution in [1.29, 1.82) is 0 Å². The summed E-state index contributed by atoms with van der Waals surface area (Å²) in [5.41, 5.74) is 0.856. The molecule has 10 heteroatoms. The smallest absolute Gasteiger partial charge is 0.412 e. The van der Waals surface area contributed by atoms with E-state index in [1.807, 2.05) is 41.4 Å². The summed E-state index contributed by atoms with van der Waals surface area (Å²) in [6.07, 6.45) is 3.07. The maximum absolute atomic E-state index is 11.4. The van der Waals surface area contributed by atoms with E-state index in [0.717, 1.165) is 5.56 Å². The molecule has 29 heavy (non-hydrogen) atoms. The molecule has 2 heterocycles. The molecule has 0 fully saturated rings. The third-order valence-electron chi connectivity index (χ3n) is 4.41. The van der Waals surface area contributed by atoms with E-state index in [1.54, 1.807) is 21.3 Å². The van der Waals surface area contributed by atoms with Gasteiger partial charge >= 0.3 is 6.09 Å². The number of hydrogen-bond acceptors (Lipinski definition) is 9. The van der Waals surface area contributed by atoms with E-state index in [0.29, 0.717) is 41.3 Å². The zero-order chi connectivity index (χ0) is 21.0. The lowest BCUT2D eigenvalue weighted by Crippen LogP contribution is -2.42. The number of carbonyl (C=O) groups is 1. The van der Waals surface area contributed by atoms with Gasteiger partial charge in [-0.15, -0.1) is 0 Å². The van der Waals surface area contributed by atoms with Crippen LogP contribution in [0.2, 0.25) is 0 Å². The van der Waals surface area contributed by atoms with E-state index < -0.39 is 6.09 Å². The van der Waals surface area contributed by atoms with E-state index in [1.165, 1.54) is 7.11 Å². The zero-order valence-electron chi connectivity index (χ0n) is 17.0. The summed E-state index contributed by atoms with van der Waals surface area (Å²) in [5.74, 6) is 3.46. The first kappa shape index (κ1) is 20.2. The monoisotopic (exact) mass is 404 g/mol. The number of ether oxygens (including phenoxy) is 5. The molecule has 0 unspecified atom stereocenters. The molecule has 1 aromatic rings. The molecule has 0 saturated carbocycles. The number of alkyl carbamates (subject to hydrolysis) is 1. The van der Waals surface area contributed by atoms with Crippen LogP contribution in [0.15, 0.2) is 41.0 Å². The van der Waals surface area contributed by atoms with Crippen molar-refractivity contribution >= 4 is 11.9 Å². The Bertz CT molecular complexity index is 854. The molecule has 0 radical (unpaired) electrons. The number of rotatable bonds is 6. The average Bonchev–Trinajstić information content (AvgIpc) is 3.15. The fourth-order valence-corrected chi connectivity index (χ4v) is 2.96. The Balaban J connectivity index is 1.70. The first-order valence-electron chi connectivity index (χ1n) is 8.78. The minimum Gasteiger partial charge on any atom is -0.493 e. The molecule has 0 aliphatic carbocycles. The van der Waals surface area contributed by atoms with Crippen LogP contribution in [-0.4, -0.2) is 64.0 Å². The SMILES string of the molecule is COC(=O)NC1=NC2=CC=C(OCc3cc(OC)c(OC)c(OC)c3)N(C)N2C1. The van der Waals surface area contributed by atoms with Crippen LogP contribution in [-0.2, 0) is 16.1 Å². The van der Waals surface area contributed by atoms with Gasteiger partial charge in [-0.2, -0.15) is 0 Å². The second kappa shape index (κ2) is 8.63. The Morgan fingerprint density at radius 1 is 1.10 bits per heavy atom. The molecule has 156 valence electrons. The van der Waals surface area contributed by atoms with Crippen LogP contribution < -0.4 is 19.5 Å². The van der Waals surface area contributed by atoms with Crippen LogP contribution in [0.4, 0.5) is 4.79 Å². The number of allylic oxidation sites excluding steroid dienone is 2. The van der Waals surface area contributed by atoms with Gasteiger partial charge in [-0.05, 0) is 23.8 Å². The van der Waals surface area contributed by atoms with E-state index in [2.05, 4.69) is 15.0 Å². The van der Waals surface area contributed by atoms with Crippen molar-refractivity contribution in [3.8, 4) is 17.2 Å². The van der Waals surface area contributed by atoms with Gasteiger partial charge < -0.3 is 23.7 Å². The highest BCUT2D eigenvalue weighted by molar-refractivity contribution is 5.98. The predicted octanol–water partition coefficient (Wildman–Crippen LogP) is 1.84. The highest BCUT2D eigenvalue weighted by atomic mass is 16.5. The van der Waals surface area contributed by atoms with Crippen LogP contribution in [0.1, 0.15) is 5.56 Å². The summed E-state index contributed by atoms with van der Waals surface area (Å²) in [6.45, 7) is 0.681. The van der Waals surface area contributed by atoms with E-state index in [-0.39, 0.29) is 6.61 Å². The third kappa shape index (κ3) is 4.15. The van der Waals surface area contributed by atoms with Crippen molar-refractivity contribution in [2.75, 3.05) is 42.0 Å². The molecule has 0 spiro atoms. The van der Waals surface area contributed by atoms with Crippen molar-refractivity contribution in [2.45, 2.75) is 6.61 Å². The molecule has 2 aliphatic heterocycles. The number of hydrogen-bond donors (Lipinski definition) is 1. The van der Waals surface area contributed by atoms with Gasteiger partial charge in [-0.25, -0.2) is 9.79 Å². The van der Waals surface area contributed by atoms with Gasteiger partial charge in [0, 0.05) is 13.1 Å². The van der Waals surface area contributed by atoms with E-state index in [4.69, 9.17) is 18.9 Å². The molecule has 10 nitrogen and oxygen atoms in total. The Morgan fingerprint density at radius 2 is 1.79 bits per heavy atom. The third-order valence-corrected chi connectivity index (χ3v) is 4.41. The molecule has 0 aromatic heterocycles. The Hall–Kier alpha value is -3.56. The average molecular weight is 404 g/mol. The lowest BCUT2D eigenvalue weighted by atomic mass is 10.2. The van der Waals surface area contributed by atoms with Crippen molar-refractivity contribution in [2.24, 2.45) is 4.99 Å². The minimum absolute atomic E-state index is 0.290.